The van der Waals surface area contributed by atoms with Crippen molar-refractivity contribution < 1.29 is 41.7 Å². The lowest BCUT2D eigenvalue weighted by atomic mass is 10.1. The fraction of sp³-hybridized carbons (Fsp3) is 0.294. The summed E-state index contributed by atoms with van der Waals surface area (Å²) in [5.74, 6) is -2.59. The minimum Gasteiger partial charge on any atom is -0.487 e. The first-order valence-corrected chi connectivity index (χ1v) is 15.4. The first-order valence-electron chi connectivity index (χ1n) is 15.4. The Kier molecular flexibility index (Phi) is 10.1. The van der Waals surface area contributed by atoms with Gasteiger partial charge in [-0.05, 0) is 49.6 Å². The predicted molar refractivity (Wildman–Crippen MR) is 172 cm³/mol. The molecule has 3 heterocycles. The van der Waals surface area contributed by atoms with Crippen molar-refractivity contribution >= 4 is 22.5 Å². The smallest absolute Gasteiger partial charge is 0.284 e. The minimum atomic E-state index is -0.834. The fourth-order valence-corrected chi connectivity index (χ4v) is 5.52. The van der Waals surface area contributed by atoms with E-state index in [0.717, 1.165) is 28.9 Å². The predicted octanol–water partition coefficient (Wildman–Crippen LogP) is 5.43. The molecule has 6 rings (SSSR count). The Hall–Kier alpha value is -5.41. The van der Waals surface area contributed by atoms with Crippen molar-refractivity contribution in [1.82, 2.24) is 19.3 Å². The maximum absolute atomic E-state index is 15.4. The monoisotopic (exact) mass is 679 g/mol. The molecule has 0 bridgehead atoms. The molecular weight excluding hydrogens is 647 g/mol. The van der Waals surface area contributed by atoms with Crippen molar-refractivity contribution in [3.05, 3.63) is 93.9 Å². The first kappa shape index (κ1) is 33.5. The Morgan fingerprint density at radius 1 is 0.857 bits per heavy atom. The molecule has 3 aromatic carbocycles. The normalized spacial score (nSPS) is 12.5. The SMILES string of the molecule is COCCOc1cc2ncnc(Oc3ccc(NC(=O)c4c5n(n(-c6cc(F)ccc6F)c4=O)CCCC5)cc3F)c2cc1OCCOC. The molecule has 0 atom stereocenters. The zero-order chi connectivity index (χ0) is 34.5. The third-order valence-corrected chi connectivity index (χ3v) is 7.80. The topological polar surface area (TPSA) is 128 Å². The quantitative estimate of drug-likeness (QED) is 0.162. The van der Waals surface area contributed by atoms with Crippen molar-refractivity contribution in [2.45, 2.75) is 25.8 Å². The highest BCUT2D eigenvalue weighted by atomic mass is 19.1. The van der Waals surface area contributed by atoms with Crippen LogP contribution in [0.3, 0.4) is 0 Å². The van der Waals surface area contributed by atoms with Crippen LogP contribution >= 0.6 is 0 Å². The number of methoxy groups -OCH3 is 2. The van der Waals surface area contributed by atoms with Crippen LogP contribution in [0.1, 0.15) is 28.9 Å². The van der Waals surface area contributed by atoms with E-state index in [1.54, 1.807) is 26.4 Å². The van der Waals surface area contributed by atoms with E-state index in [4.69, 9.17) is 23.7 Å². The van der Waals surface area contributed by atoms with Gasteiger partial charge in [0, 0.05) is 44.7 Å². The van der Waals surface area contributed by atoms with Crippen LogP contribution in [0, 0.1) is 17.5 Å². The molecule has 1 aliphatic heterocycles. The lowest BCUT2D eigenvalue weighted by Crippen LogP contribution is -2.26. The second kappa shape index (κ2) is 14.8. The van der Waals surface area contributed by atoms with Crippen LogP contribution in [0.25, 0.3) is 16.6 Å². The molecule has 12 nitrogen and oxygen atoms in total. The van der Waals surface area contributed by atoms with E-state index in [1.807, 2.05) is 0 Å². The summed E-state index contributed by atoms with van der Waals surface area (Å²) in [4.78, 5) is 35.5. The molecule has 2 aromatic heterocycles. The number of benzene rings is 3. The Labute approximate surface area is 277 Å². The van der Waals surface area contributed by atoms with E-state index in [-0.39, 0.29) is 41.8 Å². The number of halogens is 3. The molecule has 256 valence electrons. The molecule has 5 aromatic rings. The number of hydrogen-bond donors (Lipinski definition) is 1. The third-order valence-electron chi connectivity index (χ3n) is 7.80. The maximum Gasteiger partial charge on any atom is 0.284 e. The summed E-state index contributed by atoms with van der Waals surface area (Å²) in [5.41, 5.74) is -0.488. The Morgan fingerprint density at radius 2 is 1.61 bits per heavy atom. The largest absolute Gasteiger partial charge is 0.487 e. The van der Waals surface area contributed by atoms with Gasteiger partial charge in [-0.25, -0.2) is 27.8 Å². The number of hydrogen-bond acceptors (Lipinski definition) is 9. The van der Waals surface area contributed by atoms with Gasteiger partial charge in [0.2, 0.25) is 5.88 Å². The summed E-state index contributed by atoms with van der Waals surface area (Å²) < 4.78 is 74.3. The molecule has 15 heteroatoms. The van der Waals surface area contributed by atoms with Crippen molar-refractivity contribution in [2.75, 3.05) is 46.0 Å². The molecule has 1 amide bonds. The van der Waals surface area contributed by atoms with Crippen molar-refractivity contribution in [3.8, 4) is 28.8 Å². The second-order valence-electron chi connectivity index (χ2n) is 11.0. The highest BCUT2D eigenvalue weighted by molar-refractivity contribution is 6.05. The number of nitrogens with one attached hydrogen (secondary N) is 1. The highest BCUT2D eigenvalue weighted by Gasteiger charge is 2.29. The van der Waals surface area contributed by atoms with E-state index in [9.17, 15) is 18.4 Å². The van der Waals surface area contributed by atoms with Gasteiger partial charge in [-0.15, -0.1) is 0 Å². The van der Waals surface area contributed by atoms with Crippen LogP contribution in [0.2, 0.25) is 0 Å². The van der Waals surface area contributed by atoms with E-state index >= 15 is 4.39 Å². The van der Waals surface area contributed by atoms with Gasteiger partial charge in [-0.1, -0.05) is 0 Å². The number of fused-ring (bicyclic) bond motifs is 2. The molecule has 1 aliphatic rings. The van der Waals surface area contributed by atoms with Gasteiger partial charge in [0.25, 0.3) is 11.5 Å². The van der Waals surface area contributed by atoms with Gasteiger partial charge < -0.3 is 29.0 Å². The molecule has 0 unspecified atom stereocenters. The van der Waals surface area contributed by atoms with Gasteiger partial charge in [0.15, 0.2) is 23.1 Å². The van der Waals surface area contributed by atoms with E-state index in [0.29, 0.717) is 67.1 Å². The molecule has 0 fully saturated rings. The number of rotatable bonds is 13. The van der Waals surface area contributed by atoms with Gasteiger partial charge in [0.05, 0.1) is 29.8 Å². The summed E-state index contributed by atoms with van der Waals surface area (Å²) in [5, 5.41) is 2.97. The molecule has 1 N–H and O–H groups in total. The maximum atomic E-state index is 15.4. The number of carbonyl (C=O) groups excluding carboxylic acids is 1. The molecule has 0 radical (unpaired) electrons. The molecular formula is C34H32F3N5O7. The standard InChI is InChI=1S/C34H32F3N5O7/c1-45-11-13-47-29-17-22-25(18-30(29)48-14-12-46-2)38-19-39-33(22)49-28-9-7-21(16-24(28)37)40-32(43)31-26-5-3-4-10-41(26)42(34(31)44)27-15-20(35)6-8-23(27)36/h6-9,15-19H,3-5,10-14H2,1-2H3,(H,40,43). The second-order valence-corrected chi connectivity index (χ2v) is 11.0. The summed E-state index contributed by atoms with van der Waals surface area (Å²) in [6, 6.07) is 9.76. The number of anilines is 1. The van der Waals surface area contributed by atoms with Gasteiger partial charge in [-0.2, -0.15) is 0 Å². The number of nitrogens with zero attached hydrogens (tertiary/aromatic N) is 4. The lowest BCUT2D eigenvalue weighted by molar-refractivity contribution is 0.102. The van der Waals surface area contributed by atoms with Crippen molar-refractivity contribution in [3.63, 3.8) is 0 Å². The number of amides is 1. The molecule has 0 saturated heterocycles. The molecule has 0 spiro atoms. The zero-order valence-electron chi connectivity index (χ0n) is 26.6. The number of carbonyl (C=O) groups is 1. The Balaban J connectivity index is 1.26. The summed E-state index contributed by atoms with van der Waals surface area (Å²) in [7, 11) is 3.10. The Morgan fingerprint density at radius 3 is 2.35 bits per heavy atom. The summed E-state index contributed by atoms with van der Waals surface area (Å²) in [6.07, 6.45) is 3.00. The van der Waals surface area contributed by atoms with Crippen LogP contribution in [-0.4, -0.2) is 65.9 Å². The molecule has 0 aliphatic carbocycles. The average Bonchev–Trinajstić information content (AvgIpc) is 3.39. The lowest BCUT2D eigenvalue weighted by Gasteiger charge is -2.19. The number of aromatic nitrogens is 4. The average molecular weight is 680 g/mol. The Bertz CT molecular complexity index is 2070. The zero-order valence-corrected chi connectivity index (χ0v) is 26.6. The van der Waals surface area contributed by atoms with Crippen LogP contribution in [0.15, 0.2) is 59.7 Å². The third kappa shape index (κ3) is 7.07. The van der Waals surface area contributed by atoms with Crippen LogP contribution in [0.4, 0.5) is 18.9 Å². The van der Waals surface area contributed by atoms with Crippen molar-refractivity contribution in [2.24, 2.45) is 0 Å². The summed E-state index contributed by atoms with van der Waals surface area (Å²) >= 11 is 0. The van der Waals surface area contributed by atoms with Gasteiger partial charge in [0.1, 0.15) is 42.4 Å². The number of ether oxygens (including phenoxy) is 5. The molecule has 49 heavy (non-hydrogen) atoms. The van der Waals surface area contributed by atoms with Gasteiger partial charge in [-0.3, -0.25) is 14.3 Å². The highest BCUT2D eigenvalue weighted by Crippen LogP contribution is 2.37. The van der Waals surface area contributed by atoms with Gasteiger partial charge >= 0.3 is 0 Å². The minimum absolute atomic E-state index is 0.0336. The summed E-state index contributed by atoms with van der Waals surface area (Å²) in [6.45, 7) is 1.50. The fourth-order valence-electron chi connectivity index (χ4n) is 5.52. The van der Waals surface area contributed by atoms with Crippen LogP contribution < -0.4 is 25.1 Å². The van der Waals surface area contributed by atoms with E-state index in [2.05, 4.69) is 15.3 Å². The van der Waals surface area contributed by atoms with E-state index in [1.165, 1.54) is 23.1 Å². The van der Waals surface area contributed by atoms with Crippen molar-refractivity contribution in [1.29, 1.82) is 0 Å². The van der Waals surface area contributed by atoms with E-state index < -0.39 is 28.9 Å². The van der Waals surface area contributed by atoms with Crippen LogP contribution in [0.5, 0.6) is 23.1 Å². The first-order chi connectivity index (χ1) is 23.8. The van der Waals surface area contributed by atoms with Crippen LogP contribution in [-0.2, 0) is 22.4 Å². The molecule has 0 saturated carbocycles.